The summed E-state index contributed by atoms with van der Waals surface area (Å²) < 4.78 is 44.2. The first-order chi connectivity index (χ1) is 8.90. The molecule has 0 heterocycles. The number of rotatable bonds is 5. The number of hydrogen-bond donors (Lipinski definition) is 0. The van der Waals surface area contributed by atoms with E-state index in [2.05, 4.69) is 4.74 Å². The minimum Gasteiger partial charge on any atom is -0.466 e. The first kappa shape index (κ1) is 15.1. The standard InChI is InChI=1S/C13H13F3O3/c1-2-18-12(17)5-3-4-10-6-8-11(9-7-10)19-13(14,15)16/h3-4,6-9H,2,5H2,1H3. The Hall–Kier alpha value is -1.98. The summed E-state index contributed by atoms with van der Waals surface area (Å²) in [7, 11) is 0. The molecular formula is C13H13F3O3. The molecule has 0 spiro atoms. The fourth-order valence-corrected chi connectivity index (χ4v) is 1.29. The molecule has 0 unspecified atom stereocenters. The molecule has 0 radical (unpaired) electrons. The molecule has 0 amide bonds. The van der Waals surface area contributed by atoms with Crippen molar-refractivity contribution in [2.24, 2.45) is 0 Å². The third kappa shape index (κ3) is 6.49. The van der Waals surface area contributed by atoms with Gasteiger partial charge in [0.1, 0.15) is 5.75 Å². The normalized spacial score (nSPS) is 11.6. The fourth-order valence-electron chi connectivity index (χ4n) is 1.29. The molecule has 0 bridgehead atoms. The zero-order valence-electron chi connectivity index (χ0n) is 10.2. The summed E-state index contributed by atoms with van der Waals surface area (Å²) in [4.78, 5) is 11.0. The molecule has 1 aromatic carbocycles. The second-order valence-electron chi connectivity index (χ2n) is 3.53. The summed E-state index contributed by atoms with van der Waals surface area (Å²) in [5.74, 6) is -0.634. The van der Waals surface area contributed by atoms with Crippen LogP contribution in [0.15, 0.2) is 30.3 Å². The van der Waals surface area contributed by atoms with Crippen LogP contribution in [0.4, 0.5) is 13.2 Å². The molecule has 3 nitrogen and oxygen atoms in total. The Kier molecular flexibility index (Phi) is 5.41. The topological polar surface area (TPSA) is 35.5 Å². The van der Waals surface area contributed by atoms with E-state index in [1.807, 2.05) is 0 Å². The van der Waals surface area contributed by atoms with E-state index in [-0.39, 0.29) is 18.1 Å². The van der Waals surface area contributed by atoms with Gasteiger partial charge in [0, 0.05) is 0 Å². The van der Waals surface area contributed by atoms with E-state index in [9.17, 15) is 18.0 Å². The van der Waals surface area contributed by atoms with E-state index in [0.717, 1.165) is 0 Å². The Morgan fingerprint density at radius 1 is 1.26 bits per heavy atom. The van der Waals surface area contributed by atoms with Crippen LogP contribution in [-0.2, 0) is 9.53 Å². The van der Waals surface area contributed by atoms with Crippen LogP contribution >= 0.6 is 0 Å². The number of carbonyl (C=O) groups is 1. The molecule has 1 rings (SSSR count). The second kappa shape index (κ2) is 6.82. The van der Waals surface area contributed by atoms with Crippen LogP contribution in [-0.4, -0.2) is 18.9 Å². The van der Waals surface area contributed by atoms with E-state index >= 15 is 0 Å². The molecule has 6 heteroatoms. The number of halogens is 3. The van der Waals surface area contributed by atoms with Gasteiger partial charge in [-0.15, -0.1) is 13.2 Å². The lowest BCUT2D eigenvalue weighted by Crippen LogP contribution is -2.16. The van der Waals surface area contributed by atoms with Gasteiger partial charge in [0.25, 0.3) is 0 Å². The number of carbonyl (C=O) groups excluding carboxylic acids is 1. The van der Waals surface area contributed by atoms with Gasteiger partial charge in [-0.3, -0.25) is 4.79 Å². The van der Waals surface area contributed by atoms with Gasteiger partial charge in [0.2, 0.25) is 0 Å². The summed E-state index contributed by atoms with van der Waals surface area (Å²) in [5.41, 5.74) is 0.666. The number of ether oxygens (including phenoxy) is 2. The van der Waals surface area contributed by atoms with Gasteiger partial charge in [-0.25, -0.2) is 0 Å². The van der Waals surface area contributed by atoms with Crippen molar-refractivity contribution < 1.29 is 27.4 Å². The predicted molar refractivity (Wildman–Crippen MR) is 63.4 cm³/mol. The summed E-state index contributed by atoms with van der Waals surface area (Å²) in [5, 5.41) is 0. The maximum absolute atomic E-state index is 11.9. The smallest absolute Gasteiger partial charge is 0.466 e. The molecule has 0 aliphatic rings. The van der Waals surface area contributed by atoms with Crippen molar-refractivity contribution >= 4 is 12.0 Å². The van der Waals surface area contributed by atoms with Gasteiger partial charge in [0.05, 0.1) is 13.0 Å². The Morgan fingerprint density at radius 2 is 1.89 bits per heavy atom. The molecule has 1 aromatic rings. The number of esters is 1. The molecule has 0 N–H and O–H groups in total. The van der Waals surface area contributed by atoms with Crippen molar-refractivity contribution in [2.45, 2.75) is 19.7 Å². The van der Waals surface area contributed by atoms with Crippen LogP contribution in [0.2, 0.25) is 0 Å². The highest BCUT2D eigenvalue weighted by atomic mass is 19.4. The van der Waals surface area contributed by atoms with Crippen LogP contribution in [0.25, 0.3) is 6.08 Å². The Labute approximate surface area is 108 Å². The first-order valence-electron chi connectivity index (χ1n) is 5.58. The van der Waals surface area contributed by atoms with Gasteiger partial charge in [0.15, 0.2) is 0 Å². The third-order valence-electron chi connectivity index (χ3n) is 2.01. The molecule has 0 aliphatic carbocycles. The summed E-state index contributed by atoms with van der Waals surface area (Å²) in [6.07, 6.45) is -1.37. The Bertz CT molecular complexity index is 435. The fraction of sp³-hybridized carbons (Fsp3) is 0.308. The molecule has 104 valence electrons. The lowest BCUT2D eigenvalue weighted by Gasteiger charge is -2.08. The molecule has 0 aromatic heterocycles. The number of benzene rings is 1. The molecule has 0 aliphatic heterocycles. The maximum Gasteiger partial charge on any atom is 0.573 e. The van der Waals surface area contributed by atoms with Gasteiger partial charge < -0.3 is 9.47 Å². The van der Waals surface area contributed by atoms with Crippen molar-refractivity contribution in [3.63, 3.8) is 0 Å². The molecule has 19 heavy (non-hydrogen) atoms. The van der Waals surface area contributed by atoms with Crippen molar-refractivity contribution in [1.82, 2.24) is 0 Å². The molecule has 0 saturated carbocycles. The van der Waals surface area contributed by atoms with E-state index in [1.54, 1.807) is 19.1 Å². The maximum atomic E-state index is 11.9. The minimum absolute atomic E-state index is 0.120. The monoisotopic (exact) mass is 274 g/mol. The van der Waals surface area contributed by atoms with Crippen LogP contribution in [0.1, 0.15) is 18.9 Å². The van der Waals surface area contributed by atoms with Crippen LogP contribution < -0.4 is 4.74 Å². The van der Waals surface area contributed by atoms with Gasteiger partial charge >= 0.3 is 12.3 Å². The van der Waals surface area contributed by atoms with Crippen molar-refractivity contribution in [2.75, 3.05) is 6.61 Å². The quantitative estimate of drug-likeness (QED) is 0.770. The highest BCUT2D eigenvalue weighted by molar-refractivity contribution is 5.72. The average molecular weight is 274 g/mol. The lowest BCUT2D eigenvalue weighted by molar-refractivity contribution is -0.274. The van der Waals surface area contributed by atoms with Gasteiger partial charge in [-0.2, -0.15) is 0 Å². The van der Waals surface area contributed by atoms with Crippen LogP contribution in [0.3, 0.4) is 0 Å². The van der Waals surface area contributed by atoms with E-state index in [4.69, 9.17) is 4.74 Å². The highest BCUT2D eigenvalue weighted by Gasteiger charge is 2.30. The largest absolute Gasteiger partial charge is 0.573 e. The van der Waals surface area contributed by atoms with E-state index in [0.29, 0.717) is 12.2 Å². The van der Waals surface area contributed by atoms with E-state index in [1.165, 1.54) is 24.3 Å². The summed E-state index contributed by atoms with van der Waals surface area (Å²) in [6.45, 7) is 2.02. The van der Waals surface area contributed by atoms with Gasteiger partial charge in [-0.1, -0.05) is 24.3 Å². The number of alkyl halides is 3. The van der Waals surface area contributed by atoms with Crippen molar-refractivity contribution in [3.05, 3.63) is 35.9 Å². The van der Waals surface area contributed by atoms with E-state index < -0.39 is 6.36 Å². The molecule has 0 fully saturated rings. The Morgan fingerprint density at radius 3 is 2.42 bits per heavy atom. The van der Waals surface area contributed by atoms with Crippen molar-refractivity contribution in [1.29, 1.82) is 0 Å². The summed E-state index contributed by atoms with van der Waals surface area (Å²) in [6, 6.07) is 5.33. The summed E-state index contributed by atoms with van der Waals surface area (Å²) >= 11 is 0. The zero-order chi connectivity index (χ0) is 14.3. The predicted octanol–water partition coefficient (Wildman–Crippen LogP) is 3.55. The zero-order valence-corrected chi connectivity index (χ0v) is 10.2. The van der Waals surface area contributed by atoms with Gasteiger partial charge in [-0.05, 0) is 24.6 Å². The molecule has 0 atom stereocenters. The lowest BCUT2D eigenvalue weighted by atomic mass is 10.2. The first-order valence-corrected chi connectivity index (χ1v) is 5.58. The second-order valence-corrected chi connectivity index (χ2v) is 3.53. The SMILES string of the molecule is CCOC(=O)CC=Cc1ccc(OC(F)(F)F)cc1. The average Bonchev–Trinajstić information content (AvgIpc) is 2.30. The van der Waals surface area contributed by atoms with Crippen molar-refractivity contribution in [3.8, 4) is 5.75 Å². The Balaban J connectivity index is 2.52. The molecular weight excluding hydrogens is 261 g/mol. The third-order valence-corrected chi connectivity index (χ3v) is 2.01. The number of hydrogen-bond acceptors (Lipinski definition) is 3. The minimum atomic E-state index is -4.69. The highest BCUT2D eigenvalue weighted by Crippen LogP contribution is 2.22. The molecule has 0 saturated heterocycles. The van der Waals surface area contributed by atoms with Crippen LogP contribution in [0, 0.1) is 0 Å². The van der Waals surface area contributed by atoms with Crippen LogP contribution in [0.5, 0.6) is 5.75 Å².